The first-order valence-corrected chi connectivity index (χ1v) is 38.6. The molecule has 0 amide bonds. The molecule has 0 spiro atoms. The van der Waals surface area contributed by atoms with Gasteiger partial charge in [-0.3, -0.25) is 0 Å². The lowest BCUT2D eigenvalue weighted by Gasteiger charge is -2.26. The van der Waals surface area contributed by atoms with Gasteiger partial charge in [0.15, 0.2) is 0 Å². The maximum absolute atomic E-state index is 2.41. The van der Waals surface area contributed by atoms with Crippen molar-refractivity contribution in [3.63, 3.8) is 0 Å². The summed E-state index contributed by atoms with van der Waals surface area (Å²) in [6, 6.07) is 142. The molecule has 4 heteroatoms. The molecule has 0 radical (unpaired) electrons. The zero-order chi connectivity index (χ0) is 74.8. The summed E-state index contributed by atoms with van der Waals surface area (Å²) >= 11 is 0. The van der Waals surface area contributed by atoms with E-state index in [1.54, 1.807) is 0 Å². The van der Waals surface area contributed by atoms with Crippen molar-refractivity contribution in [1.29, 1.82) is 0 Å². The van der Waals surface area contributed by atoms with Gasteiger partial charge in [0.05, 0.1) is 22.1 Å². The van der Waals surface area contributed by atoms with Crippen molar-refractivity contribution in [3.8, 4) is 55.9 Å². The molecule has 0 fully saturated rings. The van der Waals surface area contributed by atoms with E-state index in [1.807, 2.05) is 0 Å². The topological polar surface area (TPSA) is 16.3 Å². The van der Waals surface area contributed by atoms with Gasteiger partial charge in [0.1, 0.15) is 0 Å². The Balaban J connectivity index is 0.000000150. The van der Waals surface area contributed by atoms with E-state index in [2.05, 4.69) is 449 Å². The smallest absolute Gasteiger partial charge is 0.0542 e. The summed E-state index contributed by atoms with van der Waals surface area (Å²) in [4.78, 5) is 4.70. The molecule has 2 aromatic heterocycles. The van der Waals surface area contributed by atoms with E-state index in [9.17, 15) is 0 Å². The first-order chi connectivity index (χ1) is 54.4. The Morgan fingerprint density at radius 1 is 0.198 bits per heavy atom. The lowest BCUT2D eigenvalue weighted by molar-refractivity contribution is 0.590. The van der Waals surface area contributed by atoms with Crippen molar-refractivity contribution < 1.29 is 0 Å². The molecule has 2 heterocycles. The predicted octanol–water partition coefficient (Wildman–Crippen LogP) is 30.0. The van der Waals surface area contributed by atoms with Crippen LogP contribution in [0.1, 0.15) is 43.0 Å². The minimum absolute atomic E-state index is 0.103. The Labute approximate surface area is 648 Å². The highest BCUT2D eigenvalue weighted by atomic mass is 15.1. The molecule has 0 bridgehead atoms. The van der Waals surface area contributed by atoms with Gasteiger partial charge >= 0.3 is 0 Å². The standard InChI is InChI=1S/C55H44N2.C52H38N2/c1-37-15-14-18-43(35-37)56(41-16-6-5-7-17-41)44-33-34-52-50(36-44)45-19-12-13-24-51(45)57(52)42-31-27-39(28-32-42)54-48-22-10-8-20-46(48)53(47-21-9-11-23-49(47)54)38-25-29-40(30-26-38)55(2,3)4;1-35-20-24-37(25-21-35)51-44-15-6-8-17-46(44)52(47-18-9-7-16-45(47)51)38-26-30-41(31-27-38)54-49-19-11-10-14-43(49)48-34-42(32-33-50(48)54)53(39-12-4-3-5-13-39)40-28-22-36(2)23-29-40/h5-36H,1-4H3;3-34H,1-2H3. The first-order valence-electron chi connectivity index (χ1n) is 38.6. The summed E-state index contributed by atoms with van der Waals surface area (Å²) in [6.07, 6.45) is 0. The van der Waals surface area contributed by atoms with Crippen LogP contribution < -0.4 is 9.80 Å². The van der Waals surface area contributed by atoms with Crippen molar-refractivity contribution in [2.45, 2.75) is 47.0 Å². The number of aromatic nitrogens is 2. The molecule has 0 aliphatic rings. The molecule has 0 saturated carbocycles. The quantitative estimate of drug-likeness (QED) is 0.113. The van der Waals surface area contributed by atoms with Gasteiger partial charge in [-0.15, -0.1) is 0 Å². The van der Waals surface area contributed by atoms with Gasteiger partial charge < -0.3 is 18.9 Å². The molecule has 20 aromatic rings. The van der Waals surface area contributed by atoms with Crippen LogP contribution in [-0.4, -0.2) is 9.13 Å². The average molecular weight is 1420 g/mol. The second-order valence-corrected chi connectivity index (χ2v) is 30.6. The molecule has 4 nitrogen and oxygen atoms in total. The maximum Gasteiger partial charge on any atom is 0.0542 e. The Morgan fingerprint density at radius 2 is 0.468 bits per heavy atom. The molecular formula is C107H82N4. The van der Waals surface area contributed by atoms with Crippen molar-refractivity contribution >= 4 is 121 Å². The fraction of sp³-hybridized carbons (Fsp3) is 0.0654. The van der Waals surface area contributed by atoms with Crippen molar-refractivity contribution in [3.05, 3.63) is 411 Å². The third-order valence-corrected chi connectivity index (χ3v) is 22.5. The minimum Gasteiger partial charge on any atom is -0.310 e. The number of hydrogen-bond donors (Lipinski definition) is 0. The normalized spacial score (nSPS) is 11.7. The fourth-order valence-electron chi connectivity index (χ4n) is 17.2. The van der Waals surface area contributed by atoms with Crippen LogP contribution in [0.5, 0.6) is 0 Å². The zero-order valence-electron chi connectivity index (χ0n) is 63.2. The van der Waals surface area contributed by atoms with Crippen LogP contribution >= 0.6 is 0 Å². The van der Waals surface area contributed by atoms with E-state index >= 15 is 0 Å². The van der Waals surface area contributed by atoms with Crippen LogP contribution in [0.15, 0.2) is 388 Å². The third-order valence-electron chi connectivity index (χ3n) is 22.5. The van der Waals surface area contributed by atoms with Gasteiger partial charge in [-0.25, -0.2) is 0 Å². The Morgan fingerprint density at radius 3 is 0.829 bits per heavy atom. The van der Waals surface area contributed by atoms with Gasteiger partial charge in [-0.2, -0.15) is 0 Å². The third kappa shape index (κ3) is 12.2. The minimum atomic E-state index is 0.103. The van der Waals surface area contributed by atoms with Crippen LogP contribution in [0.4, 0.5) is 34.1 Å². The maximum atomic E-state index is 2.41. The molecule has 111 heavy (non-hydrogen) atoms. The number of benzene rings is 18. The van der Waals surface area contributed by atoms with Gasteiger partial charge in [0, 0.05) is 67.0 Å². The molecule has 0 aliphatic heterocycles. The second-order valence-electron chi connectivity index (χ2n) is 30.6. The Bertz CT molecular complexity index is 6790. The molecule has 530 valence electrons. The van der Waals surface area contributed by atoms with Gasteiger partial charge in [-0.1, -0.05) is 299 Å². The van der Waals surface area contributed by atoms with E-state index in [4.69, 9.17) is 0 Å². The van der Waals surface area contributed by atoms with E-state index in [0.717, 1.165) is 45.5 Å². The summed E-state index contributed by atoms with van der Waals surface area (Å²) in [6.45, 7) is 13.3. The van der Waals surface area contributed by atoms with Crippen LogP contribution in [0.3, 0.4) is 0 Å². The van der Waals surface area contributed by atoms with Crippen molar-refractivity contribution in [2.75, 3.05) is 9.80 Å². The molecular weight excluding hydrogens is 1340 g/mol. The van der Waals surface area contributed by atoms with E-state index < -0.39 is 0 Å². The molecule has 0 N–H and O–H groups in total. The second kappa shape index (κ2) is 28.1. The van der Waals surface area contributed by atoms with E-state index in [-0.39, 0.29) is 5.41 Å². The Hall–Kier alpha value is -13.8. The highest BCUT2D eigenvalue weighted by Crippen LogP contribution is 2.49. The fourth-order valence-corrected chi connectivity index (χ4v) is 17.2. The largest absolute Gasteiger partial charge is 0.310 e. The van der Waals surface area contributed by atoms with Gasteiger partial charge in [-0.05, 0) is 246 Å². The number of para-hydroxylation sites is 4. The Kier molecular flexibility index (Phi) is 17.1. The first kappa shape index (κ1) is 67.8. The summed E-state index contributed by atoms with van der Waals surface area (Å²) in [7, 11) is 0. The lowest BCUT2D eigenvalue weighted by atomic mass is 9.83. The zero-order valence-corrected chi connectivity index (χ0v) is 63.2. The number of rotatable bonds is 12. The van der Waals surface area contributed by atoms with Crippen LogP contribution in [0.25, 0.3) is 143 Å². The summed E-state index contributed by atoms with van der Waals surface area (Å²) in [5.41, 5.74) is 29.1. The summed E-state index contributed by atoms with van der Waals surface area (Å²) < 4.78 is 4.83. The highest BCUT2D eigenvalue weighted by Gasteiger charge is 2.24. The van der Waals surface area contributed by atoms with Crippen LogP contribution in [-0.2, 0) is 5.41 Å². The SMILES string of the molecule is Cc1ccc(-c2c3ccccc3c(-c3ccc(-n4c5ccccc5c5cc(N(c6ccccc6)c6ccc(C)cc6)ccc54)cc3)c3ccccc23)cc1.Cc1cccc(N(c2ccccc2)c2ccc3c(c2)c2ccccc2n3-c2ccc(-c3c4ccccc4c(-c4ccc(C(C)(C)C)cc4)c4ccccc34)cc2)c1. The number of fused-ring (bicyclic) bond motifs is 10. The molecule has 0 unspecified atom stereocenters. The van der Waals surface area contributed by atoms with Gasteiger partial charge in [0.25, 0.3) is 0 Å². The van der Waals surface area contributed by atoms with E-state index in [1.165, 1.54) is 153 Å². The van der Waals surface area contributed by atoms with Crippen molar-refractivity contribution in [1.82, 2.24) is 9.13 Å². The summed E-state index contributed by atoms with van der Waals surface area (Å²) in [5.74, 6) is 0. The summed E-state index contributed by atoms with van der Waals surface area (Å²) in [5, 5.41) is 15.1. The average Bonchev–Trinajstić information content (AvgIpc) is 1.74. The molecule has 20 rings (SSSR count). The number of aryl methyl sites for hydroxylation is 3. The molecule has 18 aromatic carbocycles. The number of hydrogen-bond acceptors (Lipinski definition) is 2. The van der Waals surface area contributed by atoms with E-state index in [0.29, 0.717) is 0 Å². The number of anilines is 6. The monoisotopic (exact) mass is 1420 g/mol. The lowest BCUT2D eigenvalue weighted by Crippen LogP contribution is -2.10. The van der Waals surface area contributed by atoms with Crippen LogP contribution in [0.2, 0.25) is 0 Å². The van der Waals surface area contributed by atoms with Crippen molar-refractivity contribution in [2.24, 2.45) is 0 Å². The molecule has 0 atom stereocenters. The molecule has 0 aliphatic carbocycles. The predicted molar refractivity (Wildman–Crippen MR) is 476 cm³/mol. The van der Waals surface area contributed by atoms with Gasteiger partial charge in [0.2, 0.25) is 0 Å². The molecule has 0 saturated heterocycles. The number of nitrogens with zero attached hydrogens (tertiary/aromatic N) is 4. The van der Waals surface area contributed by atoms with Crippen LogP contribution in [0, 0.1) is 20.8 Å². The highest BCUT2D eigenvalue weighted by molar-refractivity contribution is 6.23.